The first-order valence-corrected chi connectivity index (χ1v) is 8.88. The highest BCUT2D eigenvalue weighted by Crippen LogP contribution is 2.26. The average Bonchev–Trinajstić information content (AvgIpc) is 2.60. The summed E-state index contributed by atoms with van der Waals surface area (Å²) in [6.07, 6.45) is 3.73. The molecule has 0 nitrogen and oxygen atoms in total. The van der Waals surface area contributed by atoms with Crippen LogP contribution in [0.15, 0.2) is 60.7 Å². The summed E-state index contributed by atoms with van der Waals surface area (Å²) in [5, 5.41) is 0. The molecule has 0 amide bonds. The first kappa shape index (κ1) is 18.2. The van der Waals surface area contributed by atoms with Gasteiger partial charge in [0.25, 0.3) is 0 Å². The molecule has 0 aliphatic carbocycles. The molecule has 0 N–H and O–H groups in total. The van der Waals surface area contributed by atoms with Gasteiger partial charge in [-0.2, -0.15) is 0 Å². The third-order valence-electron chi connectivity index (χ3n) is 4.47. The zero-order chi connectivity index (χ0) is 18.5. The highest BCUT2D eigenvalue weighted by molar-refractivity contribution is 5.64. The van der Waals surface area contributed by atoms with Crippen LogP contribution in [-0.2, 0) is 19.3 Å². The maximum atomic E-state index is 14.4. The van der Waals surface area contributed by atoms with Crippen LogP contribution in [0.25, 0.3) is 11.1 Å². The molecule has 0 aromatic heterocycles. The molecule has 0 radical (unpaired) electrons. The van der Waals surface area contributed by atoms with Gasteiger partial charge < -0.3 is 0 Å². The Bertz CT molecular complexity index is 862. The first-order chi connectivity index (χ1) is 12.5. The molecule has 3 rings (SSSR count). The van der Waals surface area contributed by atoms with Crippen molar-refractivity contribution in [3.63, 3.8) is 0 Å². The molecule has 0 bridgehead atoms. The predicted molar refractivity (Wildman–Crippen MR) is 99.6 cm³/mol. The lowest BCUT2D eigenvalue weighted by molar-refractivity contribution is 0.583. The molecule has 0 atom stereocenters. The van der Waals surface area contributed by atoms with E-state index in [4.69, 9.17) is 0 Å². The Balaban J connectivity index is 1.71. The second-order valence-corrected chi connectivity index (χ2v) is 6.54. The predicted octanol–water partition coefficient (Wildman–Crippen LogP) is 6.51. The Labute approximate surface area is 152 Å². The molecule has 3 aromatic carbocycles. The van der Waals surface area contributed by atoms with Crippen molar-refractivity contribution in [2.45, 2.75) is 32.6 Å². The van der Waals surface area contributed by atoms with Gasteiger partial charge in [-0.1, -0.05) is 49.7 Å². The van der Waals surface area contributed by atoms with Gasteiger partial charge in [-0.05, 0) is 59.7 Å². The van der Waals surface area contributed by atoms with Gasteiger partial charge in [0.05, 0.1) is 0 Å². The van der Waals surface area contributed by atoms with Gasteiger partial charge in [0.15, 0.2) is 0 Å². The molecular formula is C23H21F3. The normalized spacial score (nSPS) is 10.9. The van der Waals surface area contributed by atoms with E-state index in [-0.39, 0.29) is 11.1 Å². The number of benzene rings is 3. The molecule has 0 heterocycles. The van der Waals surface area contributed by atoms with Gasteiger partial charge in [0.1, 0.15) is 17.5 Å². The van der Waals surface area contributed by atoms with Gasteiger partial charge in [-0.3, -0.25) is 0 Å². The van der Waals surface area contributed by atoms with Gasteiger partial charge >= 0.3 is 0 Å². The van der Waals surface area contributed by atoms with Crippen LogP contribution in [0.5, 0.6) is 0 Å². The molecule has 0 aliphatic rings. The Morgan fingerprint density at radius 3 is 1.73 bits per heavy atom. The third kappa shape index (κ3) is 4.54. The summed E-state index contributed by atoms with van der Waals surface area (Å²) < 4.78 is 41.1. The minimum absolute atomic E-state index is 0.205. The van der Waals surface area contributed by atoms with Gasteiger partial charge in [-0.15, -0.1) is 0 Å². The number of hydrogen-bond acceptors (Lipinski definition) is 0. The van der Waals surface area contributed by atoms with Crippen molar-refractivity contribution in [3.8, 4) is 11.1 Å². The number of halogens is 3. The van der Waals surface area contributed by atoms with Gasteiger partial charge in [0, 0.05) is 11.6 Å². The fourth-order valence-electron chi connectivity index (χ4n) is 3.11. The van der Waals surface area contributed by atoms with E-state index in [1.54, 1.807) is 6.07 Å². The molecule has 0 fully saturated rings. The molecule has 26 heavy (non-hydrogen) atoms. The van der Waals surface area contributed by atoms with Crippen molar-refractivity contribution in [2.75, 3.05) is 0 Å². The van der Waals surface area contributed by atoms with Crippen molar-refractivity contribution in [2.24, 2.45) is 0 Å². The Kier molecular flexibility index (Phi) is 5.77. The third-order valence-corrected chi connectivity index (χ3v) is 4.47. The highest BCUT2D eigenvalue weighted by Gasteiger charge is 2.09. The summed E-state index contributed by atoms with van der Waals surface area (Å²) in [4.78, 5) is 0. The molecule has 3 heteroatoms. The van der Waals surface area contributed by atoms with Crippen molar-refractivity contribution in [1.29, 1.82) is 0 Å². The lowest BCUT2D eigenvalue weighted by atomic mass is 9.99. The van der Waals surface area contributed by atoms with Crippen LogP contribution in [0.2, 0.25) is 0 Å². The van der Waals surface area contributed by atoms with Crippen LogP contribution in [0.3, 0.4) is 0 Å². The summed E-state index contributed by atoms with van der Waals surface area (Å²) in [5.74, 6) is -1.89. The first-order valence-electron chi connectivity index (χ1n) is 8.88. The van der Waals surface area contributed by atoms with Crippen LogP contribution >= 0.6 is 0 Å². The van der Waals surface area contributed by atoms with Crippen molar-refractivity contribution < 1.29 is 13.2 Å². The average molecular weight is 354 g/mol. The van der Waals surface area contributed by atoms with Crippen LogP contribution in [0.4, 0.5) is 13.2 Å². The highest BCUT2D eigenvalue weighted by atomic mass is 19.1. The lowest BCUT2D eigenvalue weighted by Gasteiger charge is -2.08. The van der Waals surface area contributed by atoms with E-state index in [1.165, 1.54) is 17.2 Å². The van der Waals surface area contributed by atoms with E-state index in [1.807, 2.05) is 6.07 Å². The fraction of sp³-hybridized carbons (Fsp3) is 0.217. The summed E-state index contributed by atoms with van der Waals surface area (Å²) in [5.41, 5.74) is 3.81. The molecule has 0 unspecified atom stereocenters. The van der Waals surface area contributed by atoms with Gasteiger partial charge in [-0.25, -0.2) is 13.2 Å². The standard InChI is InChI=1S/C23H21F3/c1-2-3-16-4-6-17(7-5-16)8-9-18-10-11-22(23(26)12-18)19-13-20(24)15-21(25)14-19/h4-7,10-15H,2-3,8-9H2,1H3. The fourth-order valence-corrected chi connectivity index (χ4v) is 3.11. The van der Waals surface area contributed by atoms with Crippen LogP contribution in [0.1, 0.15) is 30.0 Å². The molecule has 3 aromatic rings. The summed E-state index contributed by atoms with van der Waals surface area (Å²) in [7, 11) is 0. The minimum Gasteiger partial charge on any atom is -0.207 e. The summed E-state index contributed by atoms with van der Waals surface area (Å²) in [6, 6.07) is 16.4. The monoisotopic (exact) mass is 354 g/mol. The molecule has 0 spiro atoms. The number of hydrogen-bond donors (Lipinski definition) is 0. The maximum Gasteiger partial charge on any atom is 0.131 e. The molecule has 0 aliphatic heterocycles. The van der Waals surface area contributed by atoms with E-state index < -0.39 is 17.5 Å². The van der Waals surface area contributed by atoms with Crippen molar-refractivity contribution >= 4 is 0 Å². The van der Waals surface area contributed by atoms with E-state index in [9.17, 15) is 13.2 Å². The Hall–Kier alpha value is -2.55. The lowest BCUT2D eigenvalue weighted by Crippen LogP contribution is -1.95. The summed E-state index contributed by atoms with van der Waals surface area (Å²) in [6.45, 7) is 2.16. The quantitative estimate of drug-likeness (QED) is 0.473. The Morgan fingerprint density at radius 1 is 0.615 bits per heavy atom. The topological polar surface area (TPSA) is 0 Å². The van der Waals surface area contributed by atoms with Crippen LogP contribution in [0, 0.1) is 17.5 Å². The molecular weight excluding hydrogens is 333 g/mol. The number of rotatable bonds is 6. The summed E-state index contributed by atoms with van der Waals surface area (Å²) >= 11 is 0. The smallest absolute Gasteiger partial charge is 0.131 e. The largest absolute Gasteiger partial charge is 0.207 e. The van der Waals surface area contributed by atoms with Crippen molar-refractivity contribution in [1.82, 2.24) is 0 Å². The zero-order valence-corrected chi connectivity index (χ0v) is 14.7. The van der Waals surface area contributed by atoms with E-state index in [2.05, 4.69) is 31.2 Å². The molecule has 0 saturated carbocycles. The Morgan fingerprint density at radius 2 is 1.15 bits per heavy atom. The van der Waals surface area contributed by atoms with E-state index in [0.29, 0.717) is 6.42 Å². The van der Waals surface area contributed by atoms with Crippen LogP contribution in [-0.4, -0.2) is 0 Å². The second kappa shape index (κ2) is 8.22. The van der Waals surface area contributed by atoms with Gasteiger partial charge in [0.2, 0.25) is 0 Å². The van der Waals surface area contributed by atoms with E-state index in [0.717, 1.165) is 43.0 Å². The number of aryl methyl sites for hydroxylation is 3. The van der Waals surface area contributed by atoms with Crippen molar-refractivity contribution in [3.05, 3.63) is 94.8 Å². The SMILES string of the molecule is CCCc1ccc(CCc2ccc(-c3cc(F)cc(F)c3)c(F)c2)cc1. The molecule has 134 valence electrons. The van der Waals surface area contributed by atoms with E-state index >= 15 is 0 Å². The molecule has 0 saturated heterocycles. The van der Waals surface area contributed by atoms with Crippen LogP contribution < -0.4 is 0 Å². The second-order valence-electron chi connectivity index (χ2n) is 6.54. The zero-order valence-electron chi connectivity index (χ0n) is 14.7. The minimum atomic E-state index is -0.713. The maximum absolute atomic E-state index is 14.4.